The highest BCUT2D eigenvalue weighted by atomic mass is 16.6. The Kier molecular flexibility index (Phi) is 4.26. The summed E-state index contributed by atoms with van der Waals surface area (Å²) in [5, 5.41) is 0. The Morgan fingerprint density at radius 3 is 2.40 bits per heavy atom. The summed E-state index contributed by atoms with van der Waals surface area (Å²) in [5.74, 6) is 1.00. The summed E-state index contributed by atoms with van der Waals surface area (Å²) >= 11 is 0. The van der Waals surface area contributed by atoms with Crippen LogP contribution in [0.3, 0.4) is 0 Å². The maximum Gasteiger partial charge on any atom is 0.420 e. The molecule has 25 heavy (non-hydrogen) atoms. The number of Topliss-reactive ketones (excluding diaryl/α,β-unsaturated/α-hetero) is 1. The van der Waals surface area contributed by atoms with Gasteiger partial charge < -0.3 is 4.74 Å². The molecule has 4 rings (SSSR count). The fourth-order valence-electron chi connectivity index (χ4n) is 4.08. The van der Waals surface area contributed by atoms with Crippen molar-refractivity contribution in [2.45, 2.75) is 38.1 Å². The lowest BCUT2D eigenvalue weighted by molar-refractivity contribution is 0.0954. The number of hydrogen-bond donors (Lipinski definition) is 0. The van der Waals surface area contributed by atoms with E-state index in [0.717, 1.165) is 12.8 Å². The number of nitrogens with zero attached hydrogens (tertiary/aromatic N) is 1. The topological polar surface area (TPSA) is 46.6 Å². The first kappa shape index (κ1) is 15.9. The number of amides is 1. The molecule has 1 heterocycles. The minimum atomic E-state index is -0.400. The average Bonchev–Trinajstić information content (AvgIpc) is 3.17. The van der Waals surface area contributed by atoms with Crippen LogP contribution in [0.1, 0.15) is 42.5 Å². The normalized spacial score (nSPS) is 20.4. The number of carbonyl (C=O) groups excluding carboxylic acids is 2. The lowest BCUT2D eigenvalue weighted by Gasteiger charge is -2.38. The zero-order valence-corrected chi connectivity index (χ0v) is 14.1. The Balaban J connectivity index is 1.70. The molecule has 0 bridgehead atoms. The van der Waals surface area contributed by atoms with Crippen molar-refractivity contribution in [1.29, 1.82) is 0 Å². The zero-order valence-electron chi connectivity index (χ0n) is 14.1. The number of ketones is 1. The maximum absolute atomic E-state index is 13.0. The van der Waals surface area contributed by atoms with Crippen LogP contribution in [0, 0.1) is 5.92 Å². The molecule has 1 fully saturated rings. The molecule has 1 saturated carbocycles. The summed E-state index contributed by atoms with van der Waals surface area (Å²) in [5.41, 5.74) is 1.29. The monoisotopic (exact) mass is 335 g/mol. The second-order valence-corrected chi connectivity index (χ2v) is 6.81. The van der Waals surface area contributed by atoms with Crippen molar-refractivity contribution >= 4 is 17.6 Å². The molecule has 1 aliphatic heterocycles. The van der Waals surface area contributed by atoms with Gasteiger partial charge in [-0.2, -0.15) is 0 Å². The Hall–Kier alpha value is -2.62. The van der Waals surface area contributed by atoms with Crippen LogP contribution >= 0.6 is 0 Å². The highest BCUT2D eigenvalue weighted by Gasteiger charge is 2.41. The van der Waals surface area contributed by atoms with Gasteiger partial charge in [-0.15, -0.1) is 0 Å². The van der Waals surface area contributed by atoms with E-state index < -0.39 is 6.09 Å². The molecular weight excluding hydrogens is 314 g/mol. The van der Waals surface area contributed by atoms with Gasteiger partial charge in [0.05, 0.1) is 11.7 Å². The molecule has 0 N–H and O–H groups in total. The Morgan fingerprint density at radius 1 is 0.960 bits per heavy atom. The van der Waals surface area contributed by atoms with E-state index in [1.807, 2.05) is 36.4 Å². The minimum absolute atomic E-state index is 0.110. The second-order valence-electron chi connectivity index (χ2n) is 6.81. The summed E-state index contributed by atoms with van der Waals surface area (Å²) in [6, 6.07) is 16.3. The predicted molar refractivity (Wildman–Crippen MR) is 96.1 cm³/mol. The molecule has 0 spiro atoms. The quantitative estimate of drug-likeness (QED) is 0.789. The smallest absolute Gasteiger partial charge is 0.410 e. The average molecular weight is 335 g/mol. The van der Waals surface area contributed by atoms with Crippen molar-refractivity contribution in [1.82, 2.24) is 0 Å². The van der Waals surface area contributed by atoms with Crippen LogP contribution < -0.4 is 9.64 Å². The molecule has 4 heteroatoms. The third kappa shape index (κ3) is 3.04. The summed E-state index contributed by atoms with van der Waals surface area (Å²) in [7, 11) is 0. The maximum atomic E-state index is 13.0. The molecule has 0 radical (unpaired) electrons. The molecule has 0 saturated heterocycles. The largest absolute Gasteiger partial charge is 0.420 e. The van der Waals surface area contributed by atoms with Gasteiger partial charge in [-0.1, -0.05) is 43.2 Å². The van der Waals surface area contributed by atoms with Gasteiger partial charge in [0.1, 0.15) is 5.75 Å². The van der Waals surface area contributed by atoms with Gasteiger partial charge in [0.15, 0.2) is 5.78 Å². The molecule has 2 aromatic rings. The summed E-state index contributed by atoms with van der Waals surface area (Å²) in [6.07, 6.45) is 4.44. The van der Waals surface area contributed by atoms with Gasteiger partial charge >= 0.3 is 6.09 Å². The van der Waals surface area contributed by atoms with E-state index in [-0.39, 0.29) is 11.8 Å². The first-order chi connectivity index (χ1) is 12.2. The van der Waals surface area contributed by atoms with Gasteiger partial charge in [-0.25, -0.2) is 4.79 Å². The van der Waals surface area contributed by atoms with Crippen molar-refractivity contribution in [2.24, 2.45) is 5.92 Å². The molecule has 2 aliphatic rings. The van der Waals surface area contributed by atoms with Crippen molar-refractivity contribution < 1.29 is 14.3 Å². The van der Waals surface area contributed by atoms with Gasteiger partial charge in [-0.3, -0.25) is 9.69 Å². The zero-order chi connectivity index (χ0) is 17.2. The van der Waals surface area contributed by atoms with Gasteiger partial charge in [0.25, 0.3) is 0 Å². The lowest BCUT2D eigenvalue weighted by atomic mass is 9.86. The standard InChI is InChI=1S/C21H21NO3/c23-20-14-19(15-8-4-5-9-15)22(18-13-7-6-12-17(18)20)21(24)25-16-10-2-1-3-11-16/h1-3,6-7,10-13,15,19H,4-5,8-9,14H2. The number of anilines is 1. The number of rotatable bonds is 2. The molecule has 1 aliphatic carbocycles. The van der Waals surface area contributed by atoms with E-state index in [1.54, 1.807) is 23.1 Å². The molecule has 0 aromatic heterocycles. The molecule has 4 nitrogen and oxygen atoms in total. The summed E-state index contributed by atoms with van der Waals surface area (Å²) in [4.78, 5) is 27.3. The molecule has 128 valence electrons. The minimum Gasteiger partial charge on any atom is -0.410 e. The van der Waals surface area contributed by atoms with E-state index in [4.69, 9.17) is 4.74 Å². The van der Waals surface area contributed by atoms with Crippen molar-refractivity contribution in [3.05, 3.63) is 60.2 Å². The van der Waals surface area contributed by atoms with Crippen LogP contribution in [-0.4, -0.2) is 17.9 Å². The molecule has 1 atom stereocenters. The van der Waals surface area contributed by atoms with Crippen LogP contribution in [0.5, 0.6) is 5.75 Å². The van der Waals surface area contributed by atoms with Crippen molar-refractivity contribution in [3.63, 3.8) is 0 Å². The summed E-state index contributed by atoms with van der Waals surface area (Å²) < 4.78 is 5.61. The van der Waals surface area contributed by atoms with Crippen LogP contribution in [-0.2, 0) is 0 Å². The van der Waals surface area contributed by atoms with Gasteiger partial charge in [-0.05, 0) is 43.0 Å². The third-order valence-corrected chi connectivity index (χ3v) is 5.28. The van der Waals surface area contributed by atoms with Gasteiger partial charge in [0, 0.05) is 12.0 Å². The SMILES string of the molecule is O=C1CC(C2CCCC2)N(C(=O)Oc2ccccc2)c2ccccc21. The van der Waals surface area contributed by atoms with Crippen molar-refractivity contribution in [2.75, 3.05) is 4.90 Å². The highest BCUT2D eigenvalue weighted by Crippen LogP contribution is 2.39. The van der Waals surface area contributed by atoms with E-state index in [1.165, 1.54) is 12.8 Å². The number of carbonyl (C=O) groups is 2. The Labute approximate surface area is 147 Å². The van der Waals surface area contributed by atoms with Crippen LogP contribution in [0.2, 0.25) is 0 Å². The number of fused-ring (bicyclic) bond motifs is 1. The van der Waals surface area contributed by atoms with Gasteiger partial charge in [0.2, 0.25) is 0 Å². The van der Waals surface area contributed by atoms with Crippen molar-refractivity contribution in [3.8, 4) is 5.75 Å². The first-order valence-electron chi connectivity index (χ1n) is 8.92. The molecule has 1 amide bonds. The van der Waals surface area contributed by atoms with Crippen LogP contribution in [0.25, 0.3) is 0 Å². The summed E-state index contributed by atoms with van der Waals surface area (Å²) in [6.45, 7) is 0. The van der Waals surface area contributed by atoms with Crippen LogP contribution in [0.15, 0.2) is 54.6 Å². The lowest BCUT2D eigenvalue weighted by Crippen LogP contribution is -2.50. The van der Waals surface area contributed by atoms with E-state index in [2.05, 4.69) is 0 Å². The third-order valence-electron chi connectivity index (χ3n) is 5.28. The molecule has 2 aromatic carbocycles. The molecular formula is C21H21NO3. The fourth-order valence-corrected chi connectivity index (χ4v) is 4.08. The van der Waals surface area contributed by atoms with E-state index in [0.29, 0.717) is 29.3 Å². The highest BCUT2D eigenvalue weighted by molar-refractivity contribution is 6.08. The number of ether oxygens (including phenoxy) is 1. The van der Waals surface area contributed by atoms with Crippen LogP contribution in [0.4, 0.5) is 10.5 Å². The first-order valence-corrected chi connectivity index (χ1v) is 8.92. The number of benzene rings is 2. The number of para-hydroxylation sites is 2. The van der Waals surface area contributed by atoms with E-state index in [9.17, 15) is 9.59 Å². The Bertz CT molecular complexity index is 781. The van der Waals surface area contributed by atoms with E-state index >= 15 is 0 Å². The second kappa shape index (κ2) is 6.71. The fraction of sp³-hybridized carbons (Fsp3) is 0.333. The Morgan fingerprint density at radius 2 is 1.64 bits per heavy atom. The predicted octanol–water partition coefficient (Wildman–Crippen LogP) is 4.84. The molecule has 1 unspecified atom stereocenters. The number of hydrogen-bond acceptors (Lipinski definition) is 3.